The van der Waals surface area contributed by atoms with E-state index in [2.05, 4.69) is 10.2 Å². The van der Waals surface area contributed by atoms with E-state index in [4.69, 9.17) is 21.1 Å². The van der Waals surface area contributed by atoms with Crippen molar-refractivity contribution in [3.63, 3.8) is 0 Å². The number of carbonyl (C=O) groups excluding carboxylic acids is 3. The summed E-state index contributed by atoms with van der Waals surface area (Å²) in [6, 6.07) is 12.4. The van der Waals surface area contributed by atoms with Crippen LogP contribution in [0.2, 0.25) is 5.02 Å². The lowest BCUT2D eigenvalue weighted by atomic mass is 9.71. The standard InChI is InChI=1S/C29H29ClN2O5/c1-32-20-9-5-11-22(33)28(20)27(29-21(32)10-6-12-23(29)34)17-13-14-24(25(15-17)36-2)37-16-26(35)31-19-8-4-3-7-18(19)30/h3-4,7-8,13-15,27H,5-6,9-12,16H2,1-2H3,(H,31,35). The molecule has 0 bridgehead atoms. The van der Waals surface area contributed by atoms with Gasteiger partial charge in [0.05, 0.1) is 17.8 Å². The number of carbonyl (C=O) groups is 3. The van der Waals surface area contributed by atoms with E-state index in [1.54, 1.807) is 30.3 Å². The van der Waals surface area contributed by atoms with Crippen LogP contribution in [0, 0.1) is 0 Å². The van der Waals surface area contributed by atoms with Crippen molar-refractivity contribution < 1.29 is 23.9 Å². The largest absolute Gasteiger partial charge is 0.493 e. The number of amides is 1. The Labute approximate surface area is 221 Å². The van der Waals surface area contributed by atoms with Crippen molar-refractivity contribution in [1.82, 2.24) is 4.90 Å². The van der Waals surface area contributed by atoms with E-state index in [1.807, 2.05) is 19.2 Å². The van der Waals surface area contributed by atoms with Crippen LogP contribution in [0.4, 0.5) is 5.69 Å². The minimum absolute atomic E-state index is 0.0959. The molecule has 37 heavy (non-hydrogen) atoms. The number of nitrogens with zero attached hydrogens (tertiary/aromatic N) is 1. The monoisotopic (exact) mass is 520 g/mol. The average Bonchev–Trinajstić information content (AvgIpc) is 2.90. The summed E-state index contributed by atoms with van der Waals surface area (Å²) in [5.74, 6) is 0.227. The van der Waals surface area contributed by atoms with Gasteiger partial charge in [-0.3, -0.25) is 14.4 Å². The second-order valence-electron chi connectivity index (χ2n) is 9.49. The molecule has 0 fully saturated rings. The number of para-hydroxylation sites is 1. The molecule has 0 saturated carbocycles. The molecule has 0 saturated heterocycles. The zero-order chi connectivity index (χ0) is 26.1. The highest BCUT2D eigenvalue weighted by Gasteiger charge is 2.42. The number of Topliss-reactive ketones (excluding diaryl/α,β-unsaturated/α-hetero) is 2. The second-order valence-corrected chi connectivity index (χ2v) is 9.90. The van der Waals surface area contributed by atoms with Crippen LogP contribution >= 0.6 is 11.6 Å². The second kappa shape index (κ2) is 10.4. The number of hydrogen-bond donors (Lipinski definition) is 1. The third kappa shape index (κ3) is 4.76. The third-order valence-corrected chi connectivity index (χ3v) is 7.60. The molecule has 1 amide bonds. The predicted octanol–water partition coefficient (Wildman–Crippen LogP) is 5.41. The highest BCUT2D eigenvalue weighted by atomic mass is 35.5. The number of allylic oxidation sites excluding steroid dienone is 4. The number of ether oxygens (including phenoxy) is 2. The first kappa shape index (κ1) is 25.1. The molecule has 3 aliphatic rings. The van der Waals surface area contributed by atoms with Crippen molar-refractivity contribution in [3.05, 3.63) is 75.6 Å². The lowest BCUT2D eigenvalue weighted by molar-refractivity contribution is -0.118. The van der Waals surface area contributed by atoms with E-state index in [0.29, 0.717) is 35.1 Å². The van der Waals surface area contributed by atoms with Crippen molar-refractivity contribution in [3.8, 4) is 11.5 Å². The van der Waals surface area contributed by atoms with Crippen LogP contribution < -0.4 is 14.8 Å². The third-order valence-electron chi connectivity index (χ3n) is 7.27. The maximum atomic E-state index is 13.2. The smallest absolute Gasteiger partial charge is 0.262 e. The van der Waals surface area contributed by atoms with Crippen LogP contribution in [0.15, 0.2) is 65.0 Å². The van der Waals surface area contributed by atoms with E-state index < -0.39 is 5.92 Å². The Hall–Kier alpha value is -3.58. The SMILES string of the molecule is COc1cc(C2C3=C(CCCC3=O)N(C)C3=C2C(=O)CCC3)ccc1OCC(=O)Nc1ccccc1Cl. The first-order valence-corrected chi connectivity index (χ1v) is 12.9. The minimum Gasteiger partial charge on any atom is -0.493 e. The van der Waals surface area contributed by atoms with E-state index in [-0.39, 0.29) is 24.1 Å². The summed E-state index contributed by atoms with van der Waals surface area (Å²) in [4.78, 5) is 40.9. The van der Waals surface area contributed by atoms with Crippen molar-refractivity contribution >= 4 is 34.8 Å². The molecule has 7 nitrogen and oxygen atoms in total. The van der Waals surface area contributed by atoms with E-state index in [0.717, 1.165) is 53.8 Å². The van der Waals surface area contributed by atoms with Gasteiger partial charge in [-0.25, -0.2) is 0 Å². The molecular weight excluding hydrogens is 492 g/mol. The summed E-state index contributed by atoms with van der Waals surface area (Å²) in [6.45, 7) is -0.239. The fourth-order valence-corrected chi connectivity index (χ4v) is 5.74. The molecule has 0 aromatic heterocycles. The molecule has 1 aliphatic heterocycles. The number of nitrogens with one attached hydrogen (secondary N) is 1. The van der Waals surface area contributed by atoms with Gasteiger partial charge >= 0.3 is 0 Å². The van der Waals surface area contributed by atoms with Crippen LogP contribution in [0.3, 0.4) is 0 Å². The van der Waals surface area contributed by atoms with Crippen molar-refractivity contribution in [2.75, 3.05) is 26.1 Å². The molecule has 0 atom stereocenters. The highest BCUT2D eigenvalue weighted by molar-refractivity contribution is 6.33. The van der Waals surface area contributed by atoms with E-state index in [9.17, 15) is 14.4 Å². The van der Waals surface area contributed by atoms with Crippen molar-refractivity contribution in [2.45, 2.75) is 44.4 Å². The molecule has 2 aromatic carbocycles. The Morgan fingerprint density at radius 2 is 1.62 bits per heavy atom. The van der Waals surface area contributed by atoms with Gasteiger partial charge in [0.15, 0.2) is 29.7 Å². The van der Waals surface area contributed by atoms with Crippen LogP contribution in [0.1, 0.15) is 50.0 Å². The maximum Gasteiger partial charge on any atom is 0.262 e. The molecule has 5 rings (SSSR count). The van der Waals surface area contributed by atoms with Gasteiger partial charge in [-0.15, -0.1) is 0 Å². The molecule has 2 aliphatic carbocycles. The minimum atomic E-state index is -0.423. The summed E-state index contributed by atoms with van der Waals surface area (Å²) in [5.41, 5.74) is 4.79. The number of rotatable bonds is 6. The van der Waals surface area contributed by atoms with Gasteiger partial charge in [0.1, 0.15) is 0 Å². The van der Waals surface area contributed by atoms with Crippen LogP contribution in [-0.4, -0.2) is 43.1 Å². The zero-order valence-electron chi connectivity index (χ0n) is 20.9. The number of ketones is 2. The van der Waals surface area contributed by atoms with Gasteiger partial charge < -0.3 is 19.7 Å². The van der Waals surface area contributed by atoms with E-state index in [1.165, 1.54) is 7.11 Å². The Bertz CT molecular complexity index is 1300. The Balaban J connectivity index is 1.44. The molecule has 2 aromatic rings. The fourth-order valence-electron chi connectivity index (χ4n) is 5.56. The van der Waals surface area contributed by atoms with Gasteiger partial charge in [-0.2, -0.15) is 0 Å². The van der Waals surface area contributed by atoms with E-state index >= 15 is 0 Å². The lowest BCUT2D eigenvalue weighted by Crippen LogP contribution is -2.37. The molecule has 8 heteroatoms. The zero-order valence-corrected chi connectivity index (χ0v) is 21.7. The van der Waals surface area contributed by atoms with Crippen LogP contribution in [0.5, 0.6) is 11.5 Å². The van der Waals surface area contributed by atoms with Gasteiger partial charge in [0, 0.05) is 48.3 Å². The molecule has 1 N–H and O–H groups in total. The number of anilines is 1. The fraction of sp³-hybridized carbons (Fsp3) is 0.345. The Morgan fingerprint density at radius 3 is 2.24 bits per heavy atom. The summed E-state index contributed by atoms with van der Waals surface area (Å²) < 4.78 is 11.4. The number of hydrogen-bond acceptors (Lipinski definition) is 6. The van der Waals surface area contributed by atoms with Gasteiger partial charge in [-0.05, 0) is 55.5 Å². The first-order valence-electron chi connectivity index (χ1n) is 12.5. The predicted molar refractivity (Wildman–Crippen MR) is 141 cm³/mol. The summed E-state index contributed by atoms with van der Waals surface area (Å²) in [6.07, 6.45) is 4.24. The van der Waals surface area contributed by atoms with Gasteiger partial charge in [-0.1, -0.05) is 29.8 Å². The topological polar surface area (TPSA) is 84.9 Å². The quantitative estimate of drug-likeness (QED) is 0.548. The van der Waals surface area contributed by atoms with Crippen molar-refractivity contribution in [1.29, 1.82) is 0 Å². The van der Waals surface area contributed by atoms with Crippen molar-refractivity contribution in [2.24, 2.45) is 0 Å². The molecule has 0 radical (unpaired) electrons. The van der Waals surface area contributed by atoms with Gasteiger partial charge in [0.2, 0.25) is 0 Å². The van der Waals surface area contributed by atoms with Gasteiger partial charge in [0.25, 0.3) is 5.91 Å². The van der Waals surface area contributed by atoms with Crippen LogP contribution in [-0.2, 0) is 14.4 Å². The number of halogens is 1. The summed E-state index contributed by atoms with van der Waals surface area (Å²) in [5, 5.41) is 3.17. The Kier molecular flexibility index (Phi) is 7.07. The summed E-state index contributed by atoms with van der Waals surface area (Å²) >= 11 is 6.12. The lowest BCUT2D eigenvalue weighted by Gasteiger charge is -2.42. The molecule has 0 unspecified atom stereocenters. The first-order chi connectivity index (χ1) is 17.9. The molecular formula is C29H29ClN2O5. The number of benzene rings is 2. The molecule has 0 spiro atoms. The maximum absolute atomic E-state index is 13.2. The summed E-state index contributed by atoms with van der Waals surface area (Å²) in [7, 11) is 3.50. The van der Waals surface area contributed by atoms with Crippen LogP contribution in [0.25, 0.3) is 0 Å². The average molecular weight is 521 g/mol. The Morgan fingerprint density at radius 1 is 0.973 bits per heavy atom. The number of methoxy groups -OCH3 is 1. The normalized spacial score (nSPS) is 18.0. The molecule has 192 valence electrons. The molecule has 1 heterocycles. The highest BCUT2D eigenvalue weighted by Crippen LogP contribution is 2.49.